The van der Waals surface area contributed by atoms with E-state index in [1.165, 1.54) is 16.8 Å². The fourth-order valence-electron chi connectivity index (χ4n) is 3.20. The maximum Gasteiger partial charge on any atom is 0.337 e. The van der Waals surface area contributed by atoms with Gasteiger partial charge in [-0.1, -0.05) is 12.1 Å². The number of para-hydroxylation sites is 2. The molecule has 4 rings (SSSR count). The van der Waals surface area contributed by atoms with Crippen molar-refractivity contribution < 1.29 is 19.4 Å². The van der Waals surface area contributed by atoms with Crippen molar-refractivity contribution in [2.45, 2.75) is 6.92 Å². The molecule has 31 heavy (non-hydrogen) atoms. The average molecular weight is 414 g/mol. The van der Waals surface area contributed by atoms with Crippen molar-refractivity contribution in [2.24, 2.45) is 0 Å². The monoisotopic (exact) mass is 414 g/mol. The molecule has 0 spiro atoms. The van der Waals surface area contributed by atoms with E-state index in [0.717, 1.165) is 0 Å². The number of carboxylic acid groups (broad SMARTS) is 1. The van der Waals surface area contributed by atoms with Crippen molar-refractivity contribution in [3.8, 4) is 23.3 Å². The predicted octanol–water partition coefficient (Wildman–Crippen LogP) is 4.76. The van der Waals surface area contributed by atoms with E-state index in [-0.39, 0.29) is 5.56 Å². The molecule has 0 bridgehead atoms. The van der Waals surface area contributed by atoms with Gasteiger partial charge >= 0.3 is 5.97 Å². The van der Waals surface area contributed by atoms with Crippen LogP contribution in [-0.2, 0) is 0 Å². The number of anilines is 2. The number of aromatic nitrogens is 2. The lowest BCUT2D eigenvalue weighted by Gasteiger charge is -2.13. The van der Waals surface area contributed by atoms with Crippen LogP contribution < -0.4 is 14.8 Å². The van der Waals surface area contributed by atoms with Crippen LogP contribution in [0.15, 0.2) is 60.8 Å². The lowest BCUT2D eigenvalue weighted by atomic mass is 10.1. The first-order valence-electron chi connectivity index (χ1n) is 9.34. The number of nitriles is 1. The summed E-state index contributed by atoms with van der Waals surface area (Å²) in [5.41, 5.74) is 2.60. The number of fused-ring (bicyclic) bond motifs is 1. The second kappa shape index (κ2) is 8.08. The third-order valence-corrected chi connectivity index (χ3v) is 4.71. The Kier molecular flexibility index (Phi) is 5.16. The standard InChI is InChI=1S/C23H18N4O4/c1-14-18(12-24)22(19-11-15(23(28)29)13-27(19)26-14)25-16-7-9-17(10-8-16)31-21-6-4-3-5-20(21)30-2/h3-11,13,25H,1-2H3,(H,28,29). The van der Waals surface area contributed by atoms with Gasteiger partial charge in [-0.3, -0.25) is 0 Å². The van der Waals surface area contributed by atoms with Crippen LogP contribution in [0.2, 0.25) is 0 Å². The van der Waals surface area contributed by atoms with Crippen LogP contribution in [0.4, 0.5) is 11.4 Å². The summed E-state index contributed by atoms with van der Waals surface area (Å²) >= 11 is 0. The molecule has 8 heteroatoms. The molecular formula is C23H18N4O4. The van der Waals surface area contributed by atoms with E-state index >= 15 is 0 Å². The second-order valence-electron chi connectivity index (χ2n) is 6.71. The molecule has 0 aliphatic rings. The molecule has 0 amide bonds. The van der Waals surface area contributed by atoms with Crippen LogP contribution in [-0.4, -0.2) is 27.8 Å². The van der Waals surface area contributed by atoms with Crippen molar-refractivity contribution in [3.63, 3.8) is 0 Å². The van der Waals surface area contributed by atoms with Crippen LogP contribution >= 0.6 is 0 Å². The number of aryl methyl sites for hydroxylation is 1. The number of methoxy groups -OCH3 is 1. The normalized spacial score (nSPS) is 10.5. The Balaban J connectivity index is 1.66. The molecule has 4 aromatic rings. The molecule has 0 aliphatic carbocycles. The van der Waals surface area contributed by atoms with Crippen LogP contribution in [0.5, 0.6) is 17.2 Å². The van der Waals surface area contributed by atoms with E-state index in [4.69, 9.17) is 9.47 Å². The van der Waals surface area contributed by atoms with Gasteiger partial charge in [0, 0.05) is 11.9 Å². The fraction of sp³-hybridized carbons (Fsp3) is 0.0870. The number of hydrogen-bond acceptors (Lipinski definition) is 6. The zero-order valence-electron chi connectivity index (χ0n) is 16.8. The highest BCUT2D eigenvalue weighted by molar-refractivity contribution is 5.93. The Morgan fingerprint density at radius 3 is 2.52 bits per heavy atom. The van der Waals surface area contributed by atoms with E-state index < -0.39 is 5.97 Å². The van der Waals surface area contributed by atoms with Gasteiger partial charge in [-0.2, -0.15) is 10.4 Å². The van der Waals surface area contributed by atoms with Crippen molar-refractivity contribution in [3.05, 3.63) is 77.6 Å². The van der Waals surface area contributed by atoms with E-state index in [2.05, 4.69) is 16.5 Å². The quantitative estimate of drug-likeness (QED) is 0.468. The second-order valence-corrected chi connectivity index (χ2v) is 6.71. The van der Waals surface area contributed by atoms with Gasteiger partial charge in [0.05, 0.1) is 29.6 Å². The number of carboxylic acids is 1. The van der Waals surface area contributed by atoms with Crippen molar-refractivity contribution >= 4 is 22.9 Å². The van der Waals surface area contributed by atoms with E-state index in [1.807, 2.05) is 24.3 Å². The molecule has 0 saturated carbocycles. The molecule has 2 heterocycles. The van der Waals surface area contributed by atoms with E-state index in [1.54, 1.807) is 38.3 Å². The summed E-state index contributed by atoms with van der Waals surface area (Å²) in [6, 6.07) is 18.2. The maximum absolute atomic E-state index is 11.4. The number of ether oxygens (including phenoxy) is 2. The SMILES string of the molecule is COc1ccccc1Oc1ccc(Nc2c(C#N)c(C)nn3cc(C(=O)O)cc23)cc1. The number of aromatic carboxylic acids is 1. The molecule has 2 aromatic heterocycles. The Morgan fingerprint density at radius 1 is 1.16 bits per heavy atom. The third kappa shape index (κ3) is 3.84. The van der Waals surface area contributed by atoms with Gasteiger partial charge in [-0.05, 0) is 49.4 Å². The smallest absolute Gasteiger partial charge is 0.337 e. The van der Waals surface area contributed by atoms with Crippen LogP contribution in [0, 0.1) is 18.3 Å². The van der Waals surface area contributed by atoms with Gasteiger partial charge in [0.15, 0.2) is 11.5 Å². The molecule has 0 saturated heterocycles. The van der Waals surface area contributed by atoms with E-state index in [0.29, 0.717) is 45.4 Å². The highest BCUT2D eigenvalue weighted by Crippen LogP contribution is 2.33. The minimum absolute atomic E-state index is 0.0885. The van der Waals surface area contributed by atoms with Gasteiger partial charge in [0.1, 0.15) is 17.4 Å². The first-order chi connectivity index (χ1) is 15.0. The summed E-state index contributed by atoms with van der Waals surface area (Å²) < 4.78 is 12.6. The maximum atomic E-state index is 11.4. The van der Waals surface area contributed by atoms with Gasteiger partial charge in [0.25, 0.3) is 0 Å². The number of benzene rings is 2. The first-order valence-corrected chi connectivity index (χ1v) is 9.34. The third-order valence-electron chi connectivity index (χ3n) is 4.71. The summed E-state index contributed by atoms with van der Waals surface area (Å²) in [7, 11) is 1.58. The summed E-state index contributed by atoms with van der Waals surface area (Å²) in [4.78, 5) is 11.4. The number of carbonyl (C=O) groups is 1. The van der Waals surface area contributed by atoms with Gasteiger partial charge in [-0.15, -0.1) is 0 Å². The van der Waals surface area contributed by atoms with Gasteiger partial charge < -0.3 is 19.9 Å². The summed E-state index contributed by atoms with van der Waals surface area (Å²) in [6.45, 7) is 1.70. The Morgan fingerprint density at radius 2 is 1.87 bits per heavy atom. The van der Waals surface area contributed by atoms with Crippen LogP contribution in [0.1, 0.15) is 21.6 Å². The van der Waals surface area contributed by atoms with Crippen molar-refractivity contribution in [2.75, 3.05) is 12.4 Å². The number of nitrogens with one attached hydrogen (secondary N) is 1. The topological polar surface area (TPSA) is 109 Å². The number of hydrogen-bond donors (Lipinski definition) is 2. The molecule has 2 N–H and O–H groups in total. The summed E-state index contributed by atoms with van der Waals surface area (Å²) in [6.07, 6.45) is 1.42. The molecule has 0 fully saturated rings. The lowest BCUT2D eigenvalue weighted by molar-refractivity contribution is 0.0697. The molecule has 0 aliphatic heterocycles. The van der Waals surface area contributed by atoms with E-state index in [9.17, 15) is 15.2 Å². The highest BCUT2D eigenvalue weighted by Gasteiger charge is 2.17. The van der Waals surface area contributed by atoms with Crippen molar-refractivity contribution in [1.29, 1.82) is 5.26 Å². The van der Waals surface area contributed by atoms with Gasteiger partial charge in [0.2, 0.25) is 0 Å². The number of nitrogens with zero attached hydrogens (tertiary/aromatic N) is 3. The Labute approximate surface area is 177 Å². The highest BCUT2D eigenvalue weighted by atomic mass is 16.5. The Bertz CT molecular complexity index is 1320. The van der Waals surface area contributed by atoms with Crippen molar-refractivity contribution in [1.82, 2.24) is 9.61 Å². The Hall–Kier alpha value is -4.51. The summed E-state index contributed by atoms with van der Waals surface area (Å²) in [5, 5.41) is 26.4. The zero-order chi connectivity index (χ0) is 22.0. The van der Waals surface area contributed by atoms with Gasteiger partial charge in [-0.25, -0.2) is 9.31 Å². The lowest BCUT2D eigenvalue weighted by Crippen LogP contribution is -2.03. The number of rotatable bonds is 6. The molecule has 0 unspecified atom stereocenters. The van der Waals surface area contributed by atoms with Crippen LogP contribution in [0.3, 0.4) is 0 Å². The molecular weight excluding hydrogens is 396 g/mol. The summed E-state index contributed by atoms with van der Waals surface area (Å²) in [5.74, 6) is 0.770. The average Bonchev–Trinajstić information content (AvgIpc) is 3.20. The fourth-order valence-corrected chi connectivity index (χ4v) is 3.20. The zero-order valence-corrected chi connectivity index (χ0v) is 16.8. The molecule has 8 nitrogen and oxygen atoms in total. The molecule has 0 atom stereocenters. The minimum Gasteiger partial charge on any atom is -0.493 e. The molecule has 2 aromatic carbocycles. The predicted molar refractivity (Wildman–Crippen MR) is 114 cm³/mol. The minimum atomic E-state index is -1.06. The van der Waals surface area contributed by atoms with Crippen LogP contribution in [0.25, 0.3) is 5.52 Å². The largest absolute Gasteiger partial charge is 0.493 e. The molecule has 154 valence electrons. The molecule has 0 radical (unpaired) electrons. The first kappa shape index (κ1) is 19.8.